The molecule has 0 fully saturated rings. The highest BCUT2D eigenvalue weighted by atomic mass is 35.5. The van der Waals surface area contributed by atoms with E-state index in [9.17, 15) is 0 Å². The van der Waals surface area contributed by atoms with Crippen LogP contribution in [-0.2, 0) is 0 Å². The fourth-order valence-electron chi connectivity index (χ4n) is 0.888. The van der Waals surface area contributed by atoms with Crippen molar-refractivity contribution in [2.45, 2.75) is 6.92 Å². The predicted molar refractivity (Wildman–Crippen MR) is 45.6 cm³/mol. The standard InChI is InChI=1S/C9H5ClN2/c1-6-2-8(5-12)9(10)3-7(6)4-11/h2-3H,1H3. The van der Waals surface area contributed by atoms with E-state index in [0.717, 1.165) is 5.56 Å². The Morgan fingerprint density at radius 3 is 2.25 bits per heavy atom. The minimum atomic E-state index is 0.333. The van der Waals surface area contributed by atoms with E-state index in [4.69, 9.17) is 22.1 Å². The molecule has 0 amide bonds. The van der Waals surface area contributed by atoms with Crippen LogP contribution in [0.5, 0.6) is 0 Å². The summed E-state index contributed by atoms with van der Waals surface area (Å²) in [7, 11) is 0. The maximum absolute atomic E-state index is 8.61. The second-order valence-electron chi connectivity index (χ2n) is 2.37. The first-order valence-electron chi connectivity index (χ1n) is 3.29. The van der Waals surface area contributed by atoms with Crippen LogP contribution in [0.3, 0.4) is 0 Å². The van der Waals surface area contributed by atoms with Gasteiger partial charge in [-0.1, -0.05) is 11.6 Å². The minimum absolute atomic E-state index is 0.333. The average Bonchev–Trinajstić information content (AvgIpc) is 2.08. The predicted octanol–water partition coefficient (Wildman–Crippen LogP) is 2.39. The lowest BCUT2D eigenvalue weighted by atomic mass is 10.1. The Morgan fingerprint density at radius 1 is 1.17 bits per heavy atom. The lowest BCUT2D eigenvalue weighted by molar-refractivity contribution is 1.37. The van der Waals surface area contributed by atoms with Crippen molar-refractivity contribution < 1.29 is 0 Å². The van der Waals surface area contributed by atoms with Crippen molar-refractivity contribution in [3.8, 4) is 12.1 Å². The van der Waals surface area contributed by atoms with E-state index in [2.05, 4.69) is 0 Å². The van der Waals surface area contributed by atoms with Crippen molar-refractivity contribution in [1.82, 2.24) is 0 Å². The van der Waals surface area contributed by atoms with Gasteiger partial charge < -0.3 is 0 Å². The van der Waals surface area contributed by atoms with Gasteiger partial charge in [-0.3, -0.25) is 0 Å². The van der Waals surface area contributed by atoms with Gasteiger partial charge in [0.2, 0.25) is 0 Å². The van der Waals surface area contributed by atoms with Crippen LogP contribution in [0, 0.1) is 29.6 Å². The molecule has 58 valence electrons. The third-order valence-electron chi connectivity index (χ3n) is 1.55. The molecule has 0 aliphatic carbocycles. The molecule has 2 nitrogen and oxygen atoms in total. The fraction of sp³-hybridized carbons (Fsp3) is 0.111. The molecule has 0 aromatic heterocycles. The molecular weight excluding hydrogens is 172 g/mol. The number of nitrogens with zero attached hydrogens (tertiary/aromatic N) is 2. The maximum atomic E-state index is 8.61. The maximum Gasteiger partial charge on any atom is 0.101 e. The number of rotatable bonds is 0. The Kier molecular flexibility index (Phi) is 2.33. The molecule has 0 heterocycles. The first-order chi connectivity index (χ1) is 5.69. The fourth-order valence-corrected chi connectivity index (χ4v) is 1.09. The third kappa shape index (κ3) is 1.39. The largest absolute Gasteiger partial charge is 0.192 e. The summed E-state index contributed by atoms with van der Waals surface area (Å²) < 4.78 is 0. The second kappa shape index (κ2) is 3.26. The molecule has 12 heavy (non-hydrogen) atoms. The Morgan fingerprint density at radius 2 is 1.75 bits per heavy atom. The number of benzene rings is 1. The summed E-state index contributed by atoms with van der Waals surface area (Å²) in [6.45, 7) is 1.77. The van der Waals surface area contributed by atoms with Crippen molar-refractivity contribution in [2.24, 2.45) is 0 Å². The van der Waals surface area contributed by atoms with Gasteiger partial charge in [0.1, 0.15) is 6.07 Å². The lowest BCUT2D eigenvalue weighted by Gasteiger charge is -1.98. The van der Waals surface area contributed by atoms with Gasteiger partial charge in [0.05, 0.1) is 22.2 Å². The SMILES string of the molecule is Cc1cc(C#N)c(Cl)cc1C#N. The first-order valence-corrected chi connectivity index (χ1v) is 3.67. The zero-order chi connectivity index (χ0) is 9.14. The Balaban J connectivity index is 3.41. The summed E-state index contributed by atoms with van der Waals surface area (Å²) in [4.78, 5) is 0. The molecule has 0 N–H and O–H groups in total. The monoisotopic (exact) mass is 176 g/mol. The van der Waals surface area contributed by atoms with E-state index in [-0.39, 0.29) is 0 Å². The topological polar surface area (TPSA) is 47.6 Å². The molecule has 0 aliphatic rings. The van der Waals surface area contributed by atoms with Gasteiger partial charge in [0.25, 0.3) is 0 Å². The summed E-state index contributed by atoms with van der Waals surface area (Å²) >= 11 is 5.71. The molecule has 0 spiro atoms. The van der Waals surface area contributed by atoms with E-state index in [1.807, 2.05) is 12.1 Å². The highest BCUT2D eigenvalue weighted by Crippen LogP contribution is 2.19. The molecule has 0 saturated heterocycles. The van der Waals surface area contributed by atoms with Crippen LogP contribution in [-0.4, -0.2) is 0 Å². The highest BCUT2D eigenvalue weighted by molar-refractivity contribution is 6.31. The van der Waals surface area contributed by atoms with Crippen molar-refractivity contribution in [3.63, 3.8) is 0 Å². The lowest BCUT2D eigenvalue weighted by Crippen LogP contribution is -1.85. The Labute approximate surface area is 75.6 Å². The smallest absolute Gasteiger partial charge is 0.101 e. The van der Waals surface area contributed by atoms with Crippen LogP contribution in [0.2, 0.25) is 5.02 Å². The third-order valence-corrected chi connectivity index (χ3v) is 1.87. The van der Waals surface area contributed by atoms with Crippen LogP contribution in [0.15, 0.2) is 12.1 Å². The van der Waals surface area contributed by atoms with Gasteiger partial charge in [-0.2, -0.15) is 10.5 Å². The number of halogens is 1. The quantitative estimate of drug-likeness (QED) is 0.610. The van der Waals surface area contributed by atoms with E-state index in [1.165, 1.54) is 6.07 Å². The molecule has 1 aromatic carbocycles. The van der Waals surface area contributed by atoms with E-state index >= 15 is 0 Å². The number of aryl methyl sites for hydroxylation is 1. The van der Waals surface area contributed by atoms with Gasteiger partial charge in [0, 0.05) is 0 Å². The van der Waals surface area contributed by atoms with Gasteiger partial charge in [-0.15, -0.1) is 0 Å². The van der Waals surface area contributed by atoms with Gasteiger partial charge in [0.15, 0.2) is 0 Å². The molecular formula is C9H5ClN2. The molecule has 0 atom stereocenters. The van der Waals surface area contributed by atoms with Crippen LogP contribution >= 0.6 is 11.6 Å². The molecule has 0 bridgehead atoms. The van der Waals surface area contributed by atoms with Gasteiger partial charge in [-0.25, -0.2) is 0 Å². The van der Waals surface area contributed by atoms with Crippen molar-refractivity contribution in [2.75, 3.05) is 0 Å². The highest BCUT2D eigenvalue weighted by Gasteiger charge is 2.03. The second-order valence-corrected chi connectivity index (χ2v) is 2.78. The molecule has 0 saturated carbocycles. The van der Waals surface area contributed by atoms with Crippen LogP contribution < -0.4 is 0 Å². The van der Waals surface area contributed by atoms with Crippen LogP contribution in [0.1, 0.15) is 16.7 Å². The first kappa shape index (κ1) is 8.59. The summed E-state index contributed by atoms with van der Waals surface area (Å²) in [5, 5.41) is 17.5. The van der Waals surface area contributed by atoms with E-state index in [1.54, 1.807) is 13.0 Å². The van der Waals surface area contributed by atoms with Gasteiger partial charge in [-0.05, 0) is 24.6 Å². The summed E-state index contributed by atoms with van der Waals surface area (Å²) in [5.41, 5.74) is 1.70. The van der Waals surface area contributed by atoms with E-state index < -0.39 is 0 Å². The Hall–Kier alpha value is -1.51. The van der Waals surface area contributed by atoms with Crippen molar-refractivity contribution in [1.29, 1.82) is 10.5 Å². The average molecular weight is 177 g/mol. The minimum Gasteiger partial charge on any atom is -0.192 e. The number of hydrogen-bond donors (Lipinski definition) is 0. The number of nitriles is 2. The number of hydrogen-bond acceptors (Lipinski definition) is 2. The summed E-state index contributed by atoms with van der Waals surface area (Å²) in [6, 6.07) is 7.06. The molecule has 1 rings (SSSR count). The van der Waals surface area contributed by atoms with Crippen LogP contribution in [0.25, 0.3) is 0 Å². The zero-order valence-electron chi connectivity index (χ0n) is 6.43. The molecule has 0 unspecified atom stereocenters. The zero-order valence-corrected chi connectivity index (χ0v) is 7.18. The Bertz CT molecular complexity index is 356. The van der Waals surface area contributed by atoms with Crippen molar-refractivity contribution >= 4 is 11.6 Å². The van der Waals surface area contributed by atoms with E-state index in [0.29, 0.717) is 16.1 Å². The van der Waals surface area contributed by atoms with Crippen molar-refractivity contribution in [3.05, 3.63) is 33.8 Å². The summed E-state index contributed by atoms with van der Waals surface area (Å²) in [6.07, 6.45) is 0. The molecule has 0 radical (unpaired) electrons. The molecule has 1 aromatic rings. The molecule has 0 aliphatic heterocycles. The normalized spacial score (nSPS) is 8.67. The molecule has 3 heteroatoms. The van der Waals surface area contributed by atoms with Crippen LogP contribution in [0.4, 0.5) is 0 Å². The van der Waals surface area contributed by atoms with Gasteiger partial charge >= 0.3 is 0 Å². The summed E-state index contributed by atoms with van der Waals surface area (Å²) in [5.74, 6) is 0.